The molecular formula is C21H40N2O2. The van der Waals surface area contributed by atoms with Crippen molar-refractivity contribution in [2.75, 3.05) is 20.6 Å². The average Bonchev–Trinajstić information content (AvgIpc) is 2.58. The number of aliphatic carboxylic acids is 1. The number of rotatable bonds is 11. The SMILES string of the molecule is CC(=O)O.CCCCCCCCCCCCN(C)C.c1ccncc1. The van der Waals surface area contributed by atoms with Crippen LogP contribution >= 0.6 is 0 Å². The lowest BCUT2D eigenvalue weighted by Gasteiger charge is -2.08. The van der Waals surface area contributed by atoms with Gasteiger partial charge >= 0.3 is 0 Å². The van der Waals surface area contributed by atoms with Crippen molar-refractivity contribution in [1.29, 1.82) is 0 Å². The Morgan fingerprint density at radius 1 is 0.840 bits per heavy atom. The largest absolute Gasteiger partial charge is 0.481 e. The minimum Gasteiger partial charge on any atom is -0.481 e. The zero-order valence-electron chi connectivity index (χ0n) is 16.9. The molecule has 1 N–H and O–H groups in total. The molecule has 25 heavy (non-hydrogen) atoms. The highest BCUT2D eigenvalue weighted by Gasteiger charge is 1.93. The number of unbranched alkanes of at least 4 members (excludes halogenated alkanes) is 9. The molecule has 1 rings (SSSR count). The van der Waals surface area contributed by atoms with Gasteiger partial charge in [-0.2, -0.15) is 0 Å². The van der Waals surface area contributed by atoms with Crippen LogP contribution in [0.4, 0.5) is 0 Å². The highest BCUT2D eigenvalue weighted by atomic mass is 16.4. The first-order valence-corrected chi connectivity index (χ1v) is 9.70. The molecule has 0 amide bonds. The van der Waals surface area contributed by atoms with E-state index in [4.69, 9.17) is 9.90 Å². The quantitative estimate of drug-likeness (QED) is 0.523. The second kappa shape index (κ2) is 22.6. The lowest BCUT2D eigenvalue weighted by molar-refractivity contribution is -0.134. The molecular weight excluding hydrogens is 312 g/mol. The summed E-state index contributed by atoms with van der Waals surface area (Å²) in [5.41, 5.74) is 0. The smallest absolute Gasteiger partial charge is 0.300 e. The fraction of sp³-hybridized carbons (Fsp3) is 0.714. The fourth-order valence-corrected chi connectivity index (χ4v) is 2.23. The topological polar surface area (TPSA) is 53.4 Å². The summed E-state index contributed by atoms with van der Waals surface area (Å²) >= 11 is 0. The van der Waals surface area contributed by atoms with Crippen molar-refractivity contribution >= 4 is 5.97 Å². The Hall–Kier alpha value is -1.42. The minimum atomic E-state index is -0.833. The first-order valence-electron chi connectivity index (χ1n) is 9.70. The van der Waals surface area contributed by atoms with E-state index in [0.29, 0.717) is 0 Å². The second-order valence-corrected chi connectivity index (χ2v) is 6.53. The van der Waals surface area contributed by atoms with E-state index in [-0.39, 0.29) is 0 Å². The van der Waals surface area contributed by atoms with Gasteiger partial charge in [0, 0.05) is 19.3 Å². The van der Waals surface area contributed by atoms with Gasteiger partial charge in [0.25, 0.3) is 5.97 Å². The molecule has 0 unspecified atom stereocenters. The van der Waals surface area contributed by atoms with Crippen LogP contribution in [0.2, 0.25) is 0 Å². The monoisotopic (exact) mass is 352 g/mol. The van der Waals surface area contributed by atoms with Gasteiger partial charge in [-0.1, -0.05) is 70.8 Å². The lowest BCUT2D eigenvalue weighted by Crippen LogP contribution is -2.12. The summed E-state index contributed by atoms with van der Waals surface area (Å²) in [6.07, 6.45) is 17.9. The molecule has 1 heterocycles. The van der Waals surface area contributed by atoms with Gasteiger partial charge in [0.15, 0.2) is 0 Å². The van der Waals surface area contributed by atoms with Crippen LogP contribution in [0.25, 0.3) is 0 Å². The van der Waals surface area contributed by atoms with Gasteiger partial charge in [-0.05, 0) is 39.2 Å². The standard InChI is InChI=1S/C14H31N.C5H5N.C2H4O2/c1-4-5-6-7-8-9-10-11-12-13-14-15(2)3;1-2-4-6-5-3-1;1-2(3)4/h4-14H2,1-3H3;1-5H;1H3,(H,3,4). The highest BCUT2D eigenvalue weighted by molar-refractivity contribution is 5.62. The van der Waals surface area contributed by atoms with Crippen LogP contribution in [0.5, 0.6) is 0 Å². The van der Waals surface area contributed by atoms with Crippen molar-refractivity contribution in [3.63, 3.8) is 0 Å². The van der Waals surface area contributed by atoms with Crippen LogP contribution in [0.1, 0.15) is 78.1 Å². The number of carboxylic acids is 1. The maximum Gasteiger partial charge on any atom is 0.300 e. The summed E-state index contributed by atoms with van der Waals surface area (Å²) in [7, 11) is 4.32. The zero-order valence-corrected chi connectivity index (χ0v) is 16.9. The molecule has 0 saturated carbocycles. The molecule has 0 radical (unpaired) electrons. The third-order valence-electron chi connectivity index (χ3n) is 3.53. The van der Waals surface area contributed by atoms with Crippen molar-refractivity contribution in [1.82, 2.24) is 9.88 Å². The Bertz CT molecular complexity index is 325. The molecule has 0 fully saturated rings. The normalized spacial score (nSPS) is 9.64. The molecule has 0 bridgehead atoms. The van der Waals surface area contributed by atoms with Crippen molar-refractivity contribution in [2.45, 2.75) is 78.1 Å². The zero-order chi connectivity index (χ0) is 19.2. The Labute approximate surface area is 155 Å². The first-order chi connectivity index (χ1) is 12.0. The molecule has 0 aliphatic rings. The van der Waals surface area contributed by atoms with E-state index in [0.717, 1.165) is 6.92 Å². The van der Waals surface area contributed by atoms with E-state index in [1.165, 1.54) is 70.8 Å². The van der Waals surface area contributed by atoms with Gasteiger partial charge < -0.3 is 10.0 Å². The average molecular weight is 353 g/mol. The van der Waals surface area contributed by atoms with Gasteiger partial charge in [0.05, 0.1) is 0 Å². The van der Waals surface area contributed by atoms with E-state index in [2.05, 4.69) is 30.9 Å². The van der Waals surface area contributed by atoms with Crippen molar-refractivity contribution in [2.24, 2.45) is 0 Å². The summed E-state index contributed by atoms with van der Waals surface area (Å²) in [6.45, 7) is 4.63. The van der Waals surface area contributed by atoms with Gasteiger partial charge in [0.2, 0.25) is 0 Å². The molecule has 0 atom stereocenters. The number of aromatic nitrogens is 1. The lowest BCUT2D eigenvalue weighted by atomic mass is 10.1. The van der Waals surface area contributed by atoms with Crippen LogP contribution < -0.4 is 0 Å². The maximum atomic E-state index is 9.00. The van der Waals surface area contributed by atoms with E-state index >= 15 is 0 Å². The van der Waals surface area contributed by atoms with Crippen LogP contribution in [-0.4, -0.2) is 41.6 Å². The van der Waals surface area contributed by atoms with Crippen LogP contribution in [0.3, 0.4) is 0 Å². The molecule has 0 aliphatic carbocycles. The van der Waals surface area contributed by atoms with Crippen LogP contribution in [0.15, 0.2) is 30.6 Å². The Kier molecular flexibility index (Phi) is 23.3. The molecule has 4 nitrogen and oxygen atoms in total. The third-order valence-corrected chi connectivity index (χ3v) is 3.53. The van der Waals surface area contributed by atoms with E-state index in [9.17, 15) is 0 Å². The molecule has 4 heteroatoms. The molecule has 0 aliphatic heterocycles. The number of carbonyl (C=O) groups is 1. The van der Waals surface area contributed by atoms with Crippen molar-refractivity contribution in [3.8, 4) is 0 Å². The second-order valence-electron chi connectivity index (χ2n) is 6.53. The number of pyridine rings is 1. The molecule has 1 aromatic heterocycles. The summed E-state index contributed by atoms with van der Waals surface area (Å²) < 4.78 is 0. The Morgan fingerprint density at radius 3 is 1.52 bits per heavy atom. The van der Waals surface area contributed by atoms with Crippen molar-refractivity contribution in [3.05, 3.63) is 30.6 Å². The maximum absolute atomic E-state index is 9.00. The molecule has 146 valence electrons. The van der Waals surface area contributed by atoms with Crippen molar-refractivity contribution < 1.29 is 9.90 Å². The molecule has 0 aromatic carbocycles. The predicted molar refractivity (Wildman–Crippen MR) is 108 cm³/mol. The van der Waals surface area contributed by atoms with Gasteiger partial charge in [-0.25, -0.2) is 0 Å². The van der Waals surface area contributed by atoms with Crippen LogP contribution in [0, 0.1) is 0 Å². The van der Waals surface area contributed by atoms with E-state index in [1.54, 1.807) is 12.4 Å². The predicted octanol–water partition coefficient (Wildman–Crippen LogP) is 5.64. The number of hydrogen-bond acceptors (Lipinski definition) is 3. The Balaban J connectivity index is 0. The van der Waals surface area contributed by atoms with Crippen LogP contribution in [-0.2, 0) is 4.79 Å². The Morgan fingerprint density at radius 2 is 1.24 bits per heavy atom. The number of carboxylic acid groups (broad SMARTS) is 1. The number of nitrogens with zero attached hydrogens (tertiary/aromatic N) is 2. The first kappa shape index (κ1) is 25.8. The van der Waals surface area contributed by atoms with Gasteiger partial charge in [-0.3, -0.25) is 9.78 Å². The molecule has 1 aromatic rings. The highest BCUT2D eigenvalue weighted by Crippen LogP contribution is 2.10. The minimum absolute atomic E-state index is 0.833. The molecule has 0 saturated heterocycles. The third kappa shape index (κ3) is 34.8. The fourth-order valence-electron chi connectivity index (χ4n) is 2.23. The van der Waals surface area contributed by atoms with E-state index in [1.807, 2.05) is 18.2 Å². The van der Waals surface area contributed by atoms with Gasteiger partial charge in [0.1, 0.15) is 0 Å². The number of hydrogen-bond donors (Lipinski definition) is 1. The van der Waals surface area contributed by atoms with E-state index < -0.39 is 5.97 Å². The van der Waals surface area contributed by atoms with Gasteiger partial charge in [-0.15, -0.1) is 0 Å². The summed E-state index contributed by atoms with van der Waals surface area (Å²) in [5, 5.41) is 7.42. The summed E-state index contributed by atoms with van der Waals surface area (Å²) in [4.78, 5) is 15.1. The molecule has 0 spiro atoms. The summed E-state index contributed by atoms with van der Waals surface area (Å²) in [5.74, 6) is -0.833. The summed E-state index contributed by atoms with van der Waals surface area (Å²) in [6, 6.07) is 5.72.